The first-order valence-electron chi connectivity index (χ1n) is 22.5. The van der Waals surface area contributed by atoms with Crippen molar-refractivity contribution in [3.63, 3.8) is 0 Å². The van der Waals surface area contributed by atoms with Gasteiger partial charge in [-0.1, -0.05) is 141 Å². The average molecular weight is 772 g/mol. The summed E-state index contributed by atoms with van der Waals surface area (Å²) in [5.74, 6) is 2.94. The van der Waals surface area contributed by atoms with Gasteiger partial charge in [-0.3, -0.25) is 4.99 Å². The van der Waals surface area contributed by atoms with E-state index < -0.39 is 6.17 Å². The van der Waals surface area contributed by atoms with Crippen LogP contribution in [0.3, 0.4) is 0 Å². The monoisotopic (exact) mass is 771 g/mol. The highest BCUT2D eigenvalue weighted by Crippen LogP contribution is 2.45. The van der Waals surface area contributed by atoms with Crippen LogP contribution in [-0.4, -0.2) is 12.1 Å². The molecule has 0 fully saturated rings. The number of fused-ring (bicyclic) bond motifs is 8. The molecule has 0 aliphatic heterocycles. The predicted molar refractivity (Wildman–Crippen MR) is 252 cm³/mol. The lowest BCUT2D eigenvalue weighted by Gasteiger charge is -2.29. The molecule has 0 bridgehead atoms. The maximum absolute atomic E-state index is 6.99. The Kier molecular flexibility index (Phi) is 10.6. The van der Waals surface area contributed by atoms with Crippen LogP contribution in [0, 0.1) is 17.8 Å². The highest BCUT2D eigenvalue weighted by atomic mass is 15.0. The van der Waals surface area contributed by atoms with Gasteiger partial charge in [-0.05, 0) is 166 Å². The number of rotatable bonds is 8. The summed E-state index contributed by atoms with van der Waals surface area (Å²) < 4.78 is 0. The molecule has 0 saturated heterocycles. The third-order valence-corrected chi connectivity index (χ3v) is 14.0. The van der Waals surface area contributed by atoms with Gasteiger partial charge in [-0.2, -0.15) is 0 Å². The fraction of sp³-hybridized carbons (Fsp3) is 0.321. The first kappa shape index (κ1) is 37.7. The standard InChI is InChI=1S/C56H57N3/c1-37-28-30-40(31-29-37)41-17-12-20-44(33-41)55(57)59-56(45-21-13-18-42(34-45)39-15-3-2-4-16-39)58-36-38-14-11-19-43(32-38)52-35-53-48-24-6-5-22-46(48)47-23-7-9-26-50(47)54(53)51-27-10-8-25-49(51)52/h3,5-6,8-9,11-15,17-18,20-22,24-26,28,30,32,34-37,39-41,43,56H,2,4,7,10,16,19,23,27,29,31,33H2,1H3,(H2,57,59). The Morgan fingerprint density at radius 2 is 1.61 bits per heavy atom. The molecule has 0 amide bonds. The highest BCUT2D eigenvalue weighted by Gasteiger charge is 2.27. The van der Waals surface area contributed by atoms with Crippen LogP contribution in [0.2, 0.25) is 0 Å². The maximum Gasteiger partial charge on any atom is 0.167 e. The lowest BCUT2D eigenvalue weighted by atomic mass is 9.77. The maximum atomic E-state index is 6.99. The number of allylic oxidation sites excluding steroid dienone is 13. The smallest absolute Gasteiger partial charge is 0.167 e. The van der Waals surface area contributed by atoms with Gasteiger partial charge >= 0.3 is 0 Å². The van der Waals surface area contributed by atoms with E-state index in [1.165, 1.54) is 87.0 Å². The van der Waals surface area contributed by atoms with Crippen LogP contribution in [0.15, 0.2) is 149 Å². The summed E-state index contributed by atoms with van der Waals surface area (Å²) in [5, 5.41) is 5.66. The molecule has 6 unspecified atom stereocenters. The first-order chi connectivity index (χ1) is 29.1. The molecule has 3 nitrogen and oxygen atoms in total. The number of hydrogen-bond acceptors (Lipinski definition) is 2. The summed E-state index contributed by atoms with van der Waals surface area (Å²) in [6, 6.07) is 20.6. The normalized spacial score (nSPS) is 25.6. The van der Waals surface area contributed by atoms with Crippen molar-refractivity contribution >= 4 is 45.7 Å². The second-order valence-electron chi connectivity index (χ2n) is 17.9. The molecule has 4 aromatic rings. The largest absolute Gasteiger partial charge is 0.384 e. The summed E-state index contributed by atoms with van der Waals surface area (Å²) in [7, 11) is 0. The topological polar surface area (TPSA) is 50.7 Å². The first-order valence-corrected chi connectivity index (χ1v) is 22.5. The predicted octanol–water partition coefficient (Wildman–Crippen LogP) is 13.9. The second kappa shape index (κ2) is 16.6. The third kappa shape index (κ3) is 7.61. The van der Waals surface area contributed by atoms with Gasteiger partial charge in [0.1, 0.15) is 5.84 Å². The number of aryl methyl sites for hydroxylation is 2. The minimum Gasteiger partial charge on any atom is -0.384 e. The van der Waals surface area contributed by atoms with Gasteiger partial charge in [-0.25, -0.2) is 4.99 Å². The Morgan fingerprint density at radius 1 is 0.746 bits per heavy atom. The second-order valence-corrected chi connectivity index (χ2v) is 17.9. The van der Waals surface area contributed by atoms with Crippen molar-refractivity contribution < 1.29 is 0 Å². The molecule has 3 heteroatoms. The fourth-order valence-electron chi connectivity index (χ4n) is 10.8. The summed E-state index contributed by atoms with van der Waals surface area (Å²) in [5.41, 5.74) is 19.0. The van der Waals surface area contributed by atoms with Crippen molar-refractivity contribution in [3.8, 4) is 0 Å². The number of aliphatic imine (C=N–C) groups is 2. The molecule has 0 saturated carbocycles. The van der Waals surface area contributed by atoms with Crippen LogP contribution in [0.5, 0.6) is 0 Å². The highest BCUT2D eigenvalue weighted by molar-refractivity contribution is 6.15. The molecule has 0 radical (unpaired) electrons. The summed E-state index contributed by atoms with van der Waals surface area (Å²) in [6.45, 7) is 2.32. The molecule has 0 aromatic heterocycles. The van der Waals surface area contributed by atoms with Crippen LogP contribution >= 0.6 is 0 Å². The van der Waals surface area contributed by atoms with E-state index >= 15 is 0 Å². The van der Waals surface area contributed by atoms with Crippen LogP contribution in [0.4, 0.5) is 0 Å². The minimum atomic E-state index is -0.445. The van der Waals surface area contributed by atoms with E-state index in [1.807, 2.05) is 0 Å². The quantitative estimate of drug-likeness (QED) is 0.0825. The fourth-order valence-corrected chi connectivity index (χ4v) is 10.8. The third-order valence-electron chi connectivity index (χ3n) is 14.0. The molecule has 6 aliphatic carbocycles. The van der Waals surface area contributed by atoms with E-state index in [2.05, 4.69) is 153 Å². The number of nitrogens with two attached hydrogens (primary N) is 1. The van der Waals surface area contributed by atoms with Crippen LogP contribution in [0.25, 0.3) is 33.7 Å². The Balaban J connectivity index is 1.01. The molecule has 0 heterocycles. The van der Waals surface area contributed by atoms with Gasteiger partial charge in [0.05, 0.1) is 0 Å². The number of hydrogen-bond donors (Lipinski definition) is 1. The molecule has 2 N–H and O–H groups in total. The van der Waals surface area contributed by atoms with E-state index in [1.54, 1.807) is 0 Å². The Morgan fingerprint density at radius 3 is 2.46 bits per heavy atom. The van der Waals surface area contributed by atoms with Gasteiger partial charge in [-0.15, -0.1) is 0 Å². The molecule has 59 heavy (non-hydrogen) atoms. The lowest BCUT2D eigenvalue weighted by molar-refractivity contribution is 0.388. The summed E-state index contributed by atoms with van der Waals surface area (Å²) in [6.07, 6.45) is 46.8. The number of nitrogens with zero attached hydrogens (tertiary/aromatic N) is 2. The van der Waals surface area contributed by atoms with E-state index in [-0.39, 0.29) is 5.92 Å². The van der Waals surface area contributed by atoms with Gasteiger partial charge < -0.3 is 5.73 Å². The van der Waals surface area contributed by atoms with Gasteiger partial charge in [0.25, 0.3) is 0 Å². The van der Waals surface area contributed by atoms with E-state index in [0.29, 0.717) is 29.5 Å². The summed E-state index contributed by atoms with van der Waals surface area (Å²) in [4.78, 5) is 10.6. The zero-order chi connectivity index (χ0) is 39.7. The van der Waals surface area contributed by atoms with Gasteiger partial charge in [0, 0.05) is 18.1 Å². The van der Waals surface area contributed by atoms with Crippen molar-refractivity contribution in [2.75, 3.05) is 0 Å². The Labute approximate surface area is 351 Å². The average Bonchev–Trinajstić information content (AvgIpc) is 3.30. The van der Waals surface area contributed by atoms with Crippen molar-refractivity contribution in [3.05, 3.63) is 178 Å². The molecular formula is C56H57N3. The lowest BCUT2D eigenvalue weighted by Crippen LogP contribution is -2.23. The van der Waals surface area contributed by atoms with Crippen LogP contribution in [0.1, 0.15) is 122 Å². The molecular weight excluding hydrogens is 715 g/mol. The van der Waals surface area contributed by atoms with E-state index in [0.717, 1.165) is 55.2 Å². The van der Waals surface area contributed by atoms with Crippen molar-refractivity contribution in [2.24, 2.45) is 33.5 Å². The number of amidine groups is 1. The van der Waals surface area contributed by atoms with Crippen LogP contribution in [-0.2, 0) is 12.8 Å². The molecule has 296 valence electrons. The van der Waals surface area contributed by atoms with E-state index in [4.69, 9.17) is 15.7 Å². The van der Waals surface area contributed by atoms with Crippen molar-refractivity contribution in [2.45, 2.75) is 95.6 Å². The van der Waals surface area contributed by atoms with E-state index in [9.17, 15) is 0 Å². The zero-order valence-corrected chi connectivity index (χ0v) is 34.6. The number of benzene rings is 4. The van der Waals surface area contributed by atoms with Gasteiger partial charge in [0.2, 0.25) is 0 Å². The molecule has 10 rings (SSSR count). The molecule has 4 aromatic carbocycles. The SMILES string of the molecule is CC1C=CC(C2C=CC=C(C(N)=NC(N=CC3=CC(c4cc5c(c6c(c7ccccc75)CCC=C6)c5c4C=CCC5)CC=C3)c3cccc(C4C=CCCC4)c3)C2)CC1. The zero-order valence-electron chi connectivity index (χ0n) is 34.6. The molecule has 6 aliphatic rings. The van der Waals surface area contributed by atoms with Crippen molar-refractivity contribution in [1.82, 2.24) is 0 Å². The summed E-state index contributed by atoms with van der Waals surface area (Å²) >= 11 is 0. The Bertz CT molecular complexity index is 2600. The molecule has 0 spiro atoms. The van der Waals surface area contributed by atoms with Crippen molar-refractivity contribution in [1.29, 1.82) is 0 Å². The van der Waals surface area contributed by atoms with Gasteiger partial charge in [0.15, 0.2) is 6.17 Å². The molecule has 6 atom stereocenters. The minimum absolute atomic E-state index is 0.245. The van der Waals surface area contributed by atoms with Crippen LogP contribution < -0.4 is 5.73 Å². The Hall–Kier alpha value is -5.54.